The van der Waals surface area contributed by atoms with Gasteiger partial charge in [0.2, 0.25) is 0 Å². The van der Waals surface area contributed by atoms with Gasteiger partial charge in [-0.1, -0.05) is 0 Å². The molecular weight excluding hydrogens is 228 g/mol. The fourth-order valence-electron chi connectivity index (χ4n) is 2.35. The monoisotopic (exact) mass is 258 g/mol. The summed E-state index contributed by atoms with van der Waals surface area (Å²) in [5.41, 5.74) is 0.238. The molecular formula is C14H30N2S. The van der Waals surface area contributed by atoms with Crippen LogP contribution in [0.1, 0.15) is 47.0 Å². The zero-order chi connectivity index (χ0) is 12.9. The van der Waals surface area contributed by atoms with E-state index >= 15 is 0 Å². The van der Waals surface area contributed by atoms with Crippen LogP contribution in [-0.2, 0) is 0 Å². The van der Waals surface area contributed by atoms with Gasteiger partial charge in [0.1, 0.15) is 0 Å². The Labute approximate surface area is 112 Å². The molecule has 0 saturated carbocycles. The van der Waals surface area contributed by atoms with E-state index in [-0.39, 0.29) is 5.54 Å². The van der Waals surface area contributed by atoms with Crippen molar-refractivity contribution in [2.75, 3.05) is 25.9 Å². The molecule has 2 nitrogen and oxygen atoms in total. The molecule has 0 aromatic heterocycles. The average Bonchev–Trinajstić information content (AvgIpc) is 2.49. The van der Waals surface area contributed by atoms with E-state index < -0.39 is 0 Å². The van der Waals surface area contributed by atoms with Gasteiger partial charge in [-0.15, -0.1) is 0 Å². The Hall–Kier alpha value is 0.270. The molecule has 0 amide bonds. The second-order valence-electron chi connectivity index (χ2n) is 6.30. The van der Waals surface area contributed by atoms with Crippen molar-refractivity contribution in [2.24, 2.45) is 0 Å². The smallest absolute Gasteiger partial charge is 0.0192 e. The predicted octanol–water partition coefficient (Wildman–Crippen LogP) is 2.98. The van der Waals surface area contributed by atoms with E-state index in [4.69, 9.17) is 0 Å². The first-order valence-corrected chi connectivity index (χ1v) is 8.23. The van der Waals surface area contributed by atoms with Crippen LogP contribution in [0.5, 0.6) is 0 Å². The van der Waals surface area contributed by atoms with Gasteiger partial charge in [-0.25, -0.2) is 0 Å². The zero-order valence-electron chi connectivity index (χ0n) is 12.3. The lowest BCUT2D eigenvalue weighted by Gasteiger charge is -2.31. The molecule has 3 heteroatoms. The molecule has 1 fully saturated rings. The number of likely N-dealkylation sites (tertiary alicyclic amines) is 1. The van der Waals surface area contributed by atoms with Gasteiger partial charge in [0, 0.05) is 23.4 Å². The summed E-state index contributed by atoms with van der Waals surface area (Å²) < 4.78 is 0. The summed E-state index contributed by atoms with van der Waals surface area (Å²) in [6.07, 6.45) is 6.38. The van der Waals surface area contributed by atoms with Gasteiger partial charge < -0.3 is 5.32 Å². The third kappa shape index (κ3) is 6.12. The van der Waals surface area contributed by atoms with Crippen LogP contribution < -0.4 is 5.32 Å². The maximum atomic E-state index is 3.62. The van der Waals surface area contributed by atoms with Gasteiger partial charge in [0.25, 0.3) is 0 Å². The molecule has 102 valence electrons. The molecule has 17 heavy (non-hydrogen) atoms. The molecule has 0 aromatic carbocycles. The van der Waals surface area contributed by atoms with Crippen molar-refractivity contribution in [3.05, 3.63) is 0 Å². The maximum Gasteiger partial charge on any atom is 0.0192 e. The Kier molecular flexibility index (Phi) is 6.32. The Morgan fingerprint density at radius 1 is 1.29 bits per heavy atom. The molecule has 1 N–H and O–H groups in total. The molecule has 0 spiro atoms. The molecule has 0 aliphatic carbocycles. The summed E-state index contributed by atoms with van der Waals surface area (Å²) in [6.45, 7) is 12.7. The summed E-state index contributed by atoms with van der Waals surface area (Å²) in [5, 5.41) is 4.51. The highest BCUT2D eigenvalue weighted by Gasteiger charge is 2.21. The second kappa shape index (κ2) is 7.01. The SMILES string of the molecule is CSC1CCCN(C(C)CNC(C)(C)C)CC1. The van der Waals surface area contributed by atoms with Gasteiger partial charge >= 0.3 is 0 Å². The quantitative estimate of drug-likeness (QED) is 0.834. The molecule has 2 unspecified atom stereocenters. The molecule has 0 radical (unpaired) electrons. The summed E-state index contributed by atoms with van der Waals surface area (Å²) in [7, 11) is 0. The van der Waals surface area contributed by atoms with E-state index in [0.717, 1.165) is 11.8 Å². The van der Waals surface area contributed by atoms with Crippen LogP contribution in [-0.4, -0.2) is 47.6 Å². The molecule has 2 atom stereocenters. The van der Waals surface area contributed by atoms with Gasteiger partial charge in [0.05, 0.1) is 0 Å². The average molecular weight is 258 g/mol. The van der Waals surface area contributed by atoms with Crippen LogP contribution in [0.2, 0.25) is 0 Å². The molecule has 1 aliphatic heterocycles. The molecule has 1 aliphatic rings. The van der Waals surface area contributed by atoms with E-state index in [9.17, 15) is 0 Å². The van der Waals surface area contributed by atoms with Crippen molar-refractivity contribution in [2.45, 2.75) is 63.8 Å². The molecule has 0 aromatic rings. The van der Waals surface area contributed by atoms with E-state index in [2.05, 4.69) is 44.2 Å². The summed E-state index contributed by atoms with van der Waals surface area (Å²) in [4.78, 5) is 2.66. The highest BCUT2D eigenvalue weighted by molar-refractivity contribution is 7.99. The van der Waals surface area contributed by atoms with E-state index in [1.165, 1.54) is 32.4 Å². The van der Waals surface area contributed by atoms with Gasteiger partial charge in [-0.05, 0) is 66.3 Å². The predicted molar refractivity (Wildman–Crippen MR) is 79.9 cm³/mol. The van der Waals surface area contributed by atoms with Crippen LogP contribution in [0.4, 0.5) is 0 Å². The molecule has 1 saturated heterocycles. The number of nitrogens with zero attached hydrogens (tertiary/aromatic N) is 1. The van der Waals surface area contributed by atoms with E-state index in [0.29, 0.717) is 6.04 Å². The van der Waals surface area contributed by atoms with Gasteiger partial charge in [0.15, 0.2) is 0 Å². The van der Waals surface area contributed by atoms with E-state index in [1.807, 2.05) is 11.8 Å². The van der Waals surface area contributed by atoms with Crippen molar-refractivity contribution in [1.82, 2.24) is 10.2 Å². The van der Waals surface area contributed by atoms with Crippen LogP contribution in [0.3, 0.4) is 0 Å². The van der Waals surface area contributed by atoms with Crippen LogP contribution in [0.25, 0.3) is 0 Å². The van der Waals surface area contributed by atoms with Crippen LogP contribution >= 0.6 is 11.8 Å². The Morgan fingerprint density at radius 2 is 2.00 bits per heavy atom. The van der Waals surface area contributed by atoms with Gasteiger partial charge in [-0.2, -0.15) is 11.8 Å². The minimum atomic E-state index is 0.238. The molecule has 0 bridgehead atoms. The standard InChI is InChI=1S/C14H30N2S/c1-12(11-15-14(2,3)4)16-9-6-7-13(17-5)8-10-16/h12-13,15H,6-11H2,1-5H3. The number of rotatable bonds is 4. The lowest BCUT2D eigenvalue weighted by Crippen LogP contribution is -2.46. The number of nitrogens with one attached hydrogen (secondary N) is 1. The lowest BCUT2D eigenvalue weighted by atomic mass is 10.1. The normalized spacial score (nSPS) is 25.6. The van der Waals surface area contributed by atoms with Crippen LogP contribution in [0.15, 0.2) is 0 Å². The number of thioether (sulfide) groups is 1. The van der Waals surface area contributed by atoms with Crippen molar-refractivity contribution < 1.29 is 0 Å². The van der Waals surface area contributed by atoms with Crippen molar-refractivity contribution in [1.29, 1.82) is 0 Å². The topological polar surface area (TPSA) is 15.3 Å². The maximum absolute atomic E-state index is 3.62. The third-order valence-electron chi connectivity index (χ3n) is 3.59. The Bertz CT molecular complexity index is 213. The summed E-state index contributed by atoms with van der Waals surface area (Å²) >= 11 is 2.05. The molecule has 1 heterocycles. The lowest BCUT2D eigenvalue weighted by molar-refractivity contribution is 0.201. The fourth-order valence-corrected chi connectivity index (χ4v) is 3.09. The summed E-state index contributed by atoms with van der Waals surface area (Å²) in [5.74, 6) is 0. The van der Waals surface area contributed by atoms with Crippen molar-refractivity contribution in [3.8, 4) is 0 Å². The minimum absolute atomic E-state index is 0.238. The fraction of sp³-hybridized carbons (Fsp3) is 1.00. The minimum Gasteiger partial charge on any atom is -0.311 e. The zero-order valence-corrected chi connectivity index (χ0v) is 13.1. The largest absolute Gasteiger partial charge is 0.311 e. The first-order chi connectivity index (χ1) is 7.92. The number of hydrogen-bond acceptors (Lipinski definition) is 3. The summed E-state index contributed by atoms with van der Waals surface area (Å²) in [6, 6.07) is 0.662. The van der Waals surface area contributed by atoms with Crippen molar-refractivity contribution in [3.63, 3.8) is 0 Å². The van der Waals surface area contributed by atoms with Crippen LogP contribution in [0, 0.1) is 0 Å². The molecule has 1 rings (SSSR count). The highest BCUT2D eigenvalue weighted by Crippen LogP contribution is 2.22. The highest BCUT2D eigenvalue weighted by atomic mass is 32.2. The van der Waals surface area contributed by atoms with Gasteiger partial charge in [-0.3, -0.25) is 4.90 Å². The second-order valence-corrected chi connectivity index (χ2v) is 7.44. The van der Waals surface area contributed by atoms with E-state index in [1.54, 1.807) is 0 Å². The van der Waals surface area contributed by atoms with Crippen molar-refractivity contribution >= 4 is 11.8 Å². The first-order valence-electron chi connectivity index (χ1n) is 6.94. The number of hydrogen-bond donors (Lipinski definition) is 1. The Morgan fingerprint density at radius 3 is 2.59 bits per heavy atom. The Balaban J connectivity index is 2.33. The third-order valence-corrected chi connectivity index (χ3v) is 4.73. The first kappa shape index (κ1) is 15.3.